The van der Waals surface area contributed by atoms with Gasteiger partial charge < -0.3 is 24.3 Å². The van der Waals surface area contributed by atoms with Crippen molar-refractivity contribution in [2.75, 3.05) is 38.8 Å². The normalized spacial score (nSPS) is 11.0. The molecule has 4 aromatic rings. The van der Waals surface area contributed by atoms with Crippen LogP contribution in [0.3, 0.4) is 0 Å². The summed E-state index contributed by atoms with van der Waals surface area (Å²) in [5, 5.41) is 6.76. The molecule has 0 saturated carbocycles. The average Bonchev–Trinajstić information content (AvgIpc) is 3.09. The quantitative estimate of drug-likeness (QED) is 0.147. The van der Waals surface area contributed by atoms with Gasteiger partial charge in [0.05, 0.1) is 38.1 Å². The van der Waals surface area contributed by atoms with Gasteiger partial charge in [0.1, 0.15) is 18.0 Å². The molecule has 0 aliphatic carbocycles. The number of carbonyl (C=O) groups excluding carboxylic acids is 2. The molecular formula is C33H34N4O8S. The number of hydrogen-bond donors (Lipinski definition) is 2. The van der Waals surface area contributed by atoms with E-state index in [1.165, 1.54) is 57.9 Å². The Bertz CT molecular complexity index is 1750. The highest BCUT2D eigenvalue weighted by atomic mass is 32.2. The molecule has 0 aromatic heterocycles. The second-order valence-corrected chi connectivity index (χ2v) is 11.5. The minimum Gasteiger partial charge on any atom is -0.497 e. The van der Waals surface area contributed by atoms with E-state index >= 15 is 0 Å². The molecule has 0 unspecified atom stereocenters. The van der Waals surface area contributed by atoms with Crippen LogP contribution in [0.2, 0.25) is 0 Å². The number of benzene rings is 4. The first-order valence-corrected chi connectivity index (χ1v) is 15.4. The number of hydrazone groups is 1. The van der Waals surface area contributed by atoms with Crippen molar-refractivity contribution in [3.05, 3.63) is 108 Å². The lowest BCUT2D eigenvalue weighted by atomic mass is 10.2. The van der Waals surface area contributed by atoms with E-state index in [-0.39, 0.29) is 28.8 Å². The summed E-state index contributed by atoms with van der Waals surface area (Å²) < 4.78 is 49.7. The second-order valence-electron chi connectivity index (χ2n) is 9.64. The molecule has 2 N–H and O–H groups in total. The van der Waals surface area contributed by atoms with Crippen LogP contribution in [-0.4, -0.2) is 60.9 Å². The number of amides is 2. The molecule has 0 aliphatic heterocycles. The Kier molecular flexibility index (Phi) is 11.6. The monoisotopic (exact) mass is 646 g/mol. The fourth-order valence-electron chi connectivity index (χ4n) is 4.16. The van der Waals surface area contributed by atoms with Gasteiger partial charge in [0.2, 0.25) is 0 Å². The molecule has 12 nitrogen and oxygen atoms in total. The Morgan fingerprint density at radius 1 is 0.783 bits per heavy atom. The molecule has 4 rings (SSSR count). The number of ether oxygens (including phenoxy) is 4. The Morgan fingerprint density at radius 3 is 2.11 bits per heavy atom. The van der Waals surface area contributed by atoms with E-state index in [0.717, 1.165) is 9.87 Å². The molecule has 46 heavy (non-hydrogen) atoms. The van der Waals surface area contributed by atoms with E-state index in [9.17, 15) is 18.0 Å². The van der Waals surface area contributed by atoms with Gasteiger partial charge in [-0.2, -0.15) is 5.10 Å². The van der Waals surface area contributed by atoms with Gasteiger partial charge in [0.25, 0.3) is 21.8 Å². The minimum absolute atomic E-state index is 0.103. The van der Waals surface area contributed by atoms with Gasteiger partial charge >= 0.3 is 0 Å². The lowest BCUT2D eigenvalue weighted by molar-refractivity contribution is -0.123. The van der Waals surface area contributed by atoms with Crippen LogP contribution in [0.1, 0.15) is 11.1 Å². The van der Waals surface area contributed by atoms with Crippen molar-refractivity contribution in [2.45, 2.75) is 11.4 Å². The molecule has 240 valence electrons. The maximum Gasteiger partial charge on any atom is 0.264 e. The summed E-state index contributed by atoms with van der Waals surface area (Å²) in [5.74, 6) is 0.630. The largest absolute Gasteiger partial charge is 0.497 e. The second kappa shape index (κ2) is 16.0. The van der Waals surface area contributed by atoms with Crippen LogP contribution in [0.25, 0.3) is 0 Å². The van der Waals surface area contributed by atoms with Gasteiger partial charge in [0.15, 0.2) is 18.1 Å². The van der Waals surface area contributed by atoms with Crippen molar-refractivity contribution in [2.24, 2.45) is 5.10 Å². The standard InChI is InChI=1S/C33H34N4O8S/c1-42-27-15-11-26(12-16-27)37(46(40,41)29-17-18-30(43-2)31(19-29)44-3)22-32(38)36-35-21-25-9-13-28(14-10-25)45-23-33(39)34-20-24-7-5-4-6-8-24/h4-19,21H,20,22-23H2,1-3H3,(H,34,39)(H,36,38)/b35-21+. The number of nitrogens with zero attached hydrogens (tertiary/aromatic N) is 2. The van der Waals surface area contributed by atoms with E-state index in [2.05, 4.69) is 15.8 Å². The molecule has 0 heterocycles. The number of carbonyl (C=O) groups is 2. The average molecular weight is 647 g/mol. The van der Waals surface area contributed by atoms with Gasteiger partial charge in [-0.25, -0.2) is 13.8 Å². The third-order valence-electron chi connectivity index (χ3n) is 6.58. The topological polar surface area (TPSA) is 145 Å². The number of rotatable bonds is 15. The molecular weight excluding hydrogens is 612 g/mol. The molecule has 2 amide bonds. The summed E-state index contributed by atoms with van der Waals surface area (Å²) in [5.41, 5.74) is 4.22. The molecule has 13 heteroatoms. The summed E-state index contributed by atoms with van der Waals surface area (Å²) in [6.45, 7) is -0.309. The van der Waals surface area contributed by atoms with Crippen LogP contribution in [0.15, 0.2) is 107 Å². The predicted molar refractivity (Wildman–Crippen MR) is 173 cm³/mol. The van der Waals surface area contributed by atoms with Crippen molar-refractivity contribution in [3.8, 4) is 23.0 Å². The fourth-order valence-corrected chi connectivity index (χ4v) is 5.60. The molecule has 0 bridgehead atoms. The van der Waals surface area contributed by atoms with Crippen molar-refractivity contribution in [1.29, 1.82) is 0 Å². The minimum atomic E-state index is -4.24. The molecule has 0 atom stereocenters. The first-order chi connectivity index (χ1) is 22.2. The Morgan fingerprint density at radius 2 is 1.46 bits per heavy atom. The van der Waals surface area contributed by atoms with Crippen LogP contribution in [-0.2, 0) is 26.2 Å². The van der Waals surface area contributed by atoms with Crippen LogP contribution in [0.4, 0.5) is 5.69 Å². The van der Waals surface area contributed by atoms with Gasteiger partial charge in [-0.05, 0) is 71.8 Å². The van der Waals surface area contributed by atoms with Crippen molar-refractivity contribution >= 4 is 33.7 Å². The van der Waals surface area contributed by atoms with Crippen LogP contribution < -0.4 is 34.0 Å². The molecule has 0 saturated heterocycles. The Balaban J connectivity index is 1.38. The molecule has 0 fully saturated rings. The molecule has 0 aliphatic rings. The zero-order chi connectivity index (χ0) is 32.9. The lowest BCUT2D eigenvalue weighted by Crippen LogP contribution is -2.39. The molecule has 4 aromatic carbocycles. The van der Waals surface area contributed by atoms with E-state index in [1.807, 2.05) is 30.3 Å². The number of methoxy groups -OCH3 is 3. The van der Waals surface area contributed by atoms with Gasteiger partial charge in [-0.15, -0.1) is 0 Å². The van der Waals surface area contributed by atoms with E-state index in [0.29, 0.717) is 29.4 Å². The number of nitrogens with one attached hydrogen (secondary N) is 2. The molecule has 0 spiro atoms. The number of hydrogen-bond acceptors (Lipinski definition) is 9. The van der Waals surface area contributed by atoms with Gasteiger partial charge in [-0.3, -0.25) is 13.9 Å². The van der Waals surface area contributed by atoms with E-state index < -0.39 is 22.5 Å². The third-order valence-corrected chi connectivity index (χ3v) is 8.35. The highest BCUT2D eigenvalue weighted by Crippen LogP contribution is 2.32. The SMILES string of the molecule is COc1ccc(N(CC(=O)N/N=C/c2ccc(OCC(=O)NCc3ccccc3)cc2)S(=O)(=O)c2ccc(OC)c(OC)c2)cc1. The number of sulfonamides is 1. The van der Waals surface area contributed by atoms with E-state index in [4.69, 9.17) is 18.9 Å². The van der Waals surface area contributed by atoms with E-state index in [1.54, 1.807) is 36.4 Å². The van der Waals surface area contributed by atoms with Gasteiger partial charge in [0, 0.05) is 12.6 Å². The highest BCUT2D eigenvalue weighted by molar-refractivity contribution is 7.92. The highest BCUT2D eigenvalue weighted by Gasteiger charge is 2.28. The smallest absolute Gasteiger partial charge is 0.264 e. The maximum absolute atomic E-state index is 13.8. The van der Waals surface area contributed by atoms with Crippen molar-refractivity contribution in [3.63, 3.8) is 0 Å². The third kappa shape index (κ3) is 8.99. The zero-order valence-electron chi connectivity index (χ0n) is 25.5. The summed E-state index contributed by atoms with van der Waals surface area (Å²) in [7, 11) is 0.0952. The predicted octanol–water partition coefficient (Wildman–Crippen LogP) is 3.75. The van der Waals surface area contributed by atoms with Crippen LogP contribution in [0.5, 0.6) is 23.0 Å². The summed E-state index contributed by atoms with van der Waals surface area (Å²) in [4.78, 5) is 24.9. The first-order valence-electron chi connectivity index (χ1n) is 14.0. The Hall–Kier alpha value is -5.56. The van der Waals surface area contributed by atoms with Crippen LogP contribution >= 0.6 is 0 Å². The summed E-state index contributed by atoms with van der Waals surface area (Å²) in [6.07, 6.45) is 1.40. The van der Waals surface area contributed by atoms with Gasteiger partial charge in [-0.1, -0.05) is 30.3 Å². The Labute approximate surface area is 267 Å². The molecule has 0 radical (unpaired) electrons. The van der Waals surface area contributed by atoms with Crippen molar-refractivity contribution in [1.82, 2.24) is 10.7 Å². The first kappa shape index (κ1) is 33.3. The lowest BCUT2D eigenvalue weighted by Gasteiger charge is -2.24. The zero-order valence-corrected chi connectivity index (χ0v) is 26.3. The fraction of sp³-hybridized carbons (Fsp3) is 0.182. The maximum atomic E-state index is 13.8. The van der Waals surface area contributed by atoms with Crippen LogP contribution in [0, 0.1) is 0 Å². The van der Waals surface area contributed by atoms with Crippen molar-refractivity contribution < 1.29 is 37.0 Å². The number of anilines is 1. The summed E-state index contributed by atoms with van der Waals surface area (Å²) >= 11 is 0. The summed E-state index contributed by atoms with van der Waals surface area (Å²) in [6, 6.07) is 26.7.